The molecule has 1 aliphatic heterocycles. The average Bonchev–Trinajstić information content (AvgIpc) is 3.03. The zero-order chi connectivity index (χ0) is 22.3. The number of amides is 1. The Labute approximate surface area is 178 Å². The minimum Gasteiger partial charge on any atom is -0.465 e. The largest absolute Gasteiger partial charge is 0.465 e. The Morgan fingerprint density at radius 3 is 2.27 bits per heavy atom. The van der Waals surface area contributed by atoms with E-state index in [1.165, 1.54) is 7.11 Å². The molecule has 0 aromatic heterocycles. The van der Waals surface area contributed by atoms with Crippen molar-refractivity contribution in [3.05, 3.63) is 22.8 Å². The number of rotatable bonds is 3. The van der Waals surface area contributed by atoms with Gasteiger partial charge >= 0.3 is 12.1 Å². The first-order chi connectivity index (χ1) is 13.9. The summed E-state index contributed by atoms with van der Waals surface area (Å²) in [5.74, 6) is 0.290. The van der Waals surface area contributed by atoms with Gasteiger partial charge in [-0.05, 0) is 71.9 Å². The van der Waals surface area contributed by atoms with Crippen LogP contribution in [0.3, 0.4) is 0 Å². The summed E-state index contributed by atoms with van der Waals surface area (Å²) >= 11 is 0. The van der Waals surface area contributed by atoms with Gasteiger partial charge in [-0.25, -0.2) is 9.59 Å². The summed E-state index contributed by atoms with van der Waals surface area (Å²) in [5.41, 5.74) is 1.56. The summed E-state index contributed by atoms with van der Waals surface area (Å²) in [6.07, 6.45) is 2.99. The van der Waals surface area contributed by atoms with Crippen LogP contribution in [-0.4, -0.2) is 36.6 Å². The molecule has 1 unspecified atom stereocenters. The van der Waals surface area contributed by atoms with Gasteiger partial charge in [-0.1, -0.05) is 0 Å². The first-order valence-electron chi connectivity index (χ1n) is 10.5. The van der Waals surface area contributed by atoms with Crippen LogP contribution in [-0.2, 0) is 9.47 Å². The third-order valence-corrected chi connectivity index (χ3v) is 5.87. The minimum absolute atomic E-state index is 0.0814. The summed E-state index contributed by atoms with van der Waals surface area (Å²) < 4.78 is 22.9. The Kier molecular flexibility index (Phi) is 5.94. The number of nitrogens with one attached hydrogen (secondary N) is 1. The van der Waals surface area contributed by atoms with E-state index < -0.39 is 11.4 Å². The highest BCUT2D eigenvalue weighted by Crippen LogP contribution is 2.50. The molecule has 2 aliphatic rings. The maximum absolute atomic E-state index is 12.1. The third-order valence-electron chi connectivity index (χ3n) is 5.87. The SMILES string of the molecule is COC(=O)c1cc(C)c2c(c1C)OC(C)([C@H]1CC[C@H](NC(=O)OC(C)(C)C)CC1)O2. The highest BCUT2D eigenvalue weighted by atomic mass is 16.7. The number of esters is 1. The van der Waals surface area contributed by atoms with E-state index in [1.54, 1.807) is 6.07 Å². The molecule has 1 aliphatic carbocycles. The van der Waals surface area contributed by atoms with Gasteiger partial charge < -0.3 is 24.3 Å². The van der Waals surface area contributed by atoms with Gasteiger partial charge in [0.15, 0.2) is 11.5 Å². The molecular weight excluding hydrogens is 386 g/mol. The molecule has 1 N–H and O–H groups in total. The summed E-state index contributed by atoms with van der Waals surface area (Å²) in [5, 5.41) is 2.97. The monoisotopic (exact) mass is 419 g/mol. The van der Waals surface area contributed by atoms with E-state index in [0.29, 0.717) is 17.1 Å². The number of hydrogen-bond acceptors (Lipinski definition) is 6. The van der Waals surface area contributed by atoms with Gasteiger partial charge in [0.2, 0.25) is 0 Å². The van der Waals surface area contributed by atoms with Gasteiger partial charge in [0.25, 0.3) is 5.79 Å². The topological polar surface area (TPSA) is 83.1 Å². The van der Waals surface area contributed by atoms with Crippen molar-refractivity contribution in [2.45, 2.75) is 84.7 Å². The Hall–Kier alpha value is -2.44. The van der Waals surface area contributed by atoms with Gasteiger partial charge in [-0.2, -0.15) is 0 Å². The number of hydrogen-bond donors (Lipinski definition) is 1. The second-order valence-electron chi connectivity index (χ2n) is 9.43. The van der Waals surface area contributed by atoms with Crippen LogP contribution in [0.15, 0.2) is 6.07 Å². The van der Waals surface area contributed by atoms with Crippen molar-refractivity contribution in [2.24, 2.45) is 5.92 Å². The minimum atomic E-state index is -0.802. The summed E-state index contributed by atoms with van der Waals surface area (Å²) in [6.45, 7) is 11.3. The lowest BCUT2D eigenvalue weighted by Gasteiger charge is -2.37. The number of aryl methyl sites for hydroxylation is 1. The van der Waals surface area contributed by atoms with Crippen LogP contribution in [0.5, 0.6) is 11.5 Å². The molecular formula is C23H33NO6. The molecule has 1 amide bonds. The molecule has 1 fully saturated rings. The van der Waals surface area contributed by atoms with Crippen molar-refractivity contribution in [3.63, 3.8) is 0 Å². The first-order valence-corrected chi connectivity index (χ1v) is 10.5. The lowest BCUT2D eigenvalue weighted by atomic mass is 9.81. The van der Waals surface area contributed by atoms with E-state index in [-0.39, 0.29) is 24.0 Å². The highest BCUT2D eigenvalue weighted by molar-refractivity contribution is 5.92. The van der Waals surface area contributed by atoms with Crippen molar-refractivity contribution in [2.75, 3.05) is 7.11 Å². The first kappa shape index (κ1) is 22.2. The Bertz CT molecular complexity index is 835. The zero-order valence-corrected chi connectivity index (χ0v) is 19.0. The lowest BCUT2D eigenvalue weighted by Crippen LogP contribution is -2.48. The molecule has 1 atom stereocenters. The number of ether oxygens (including phenoxy) is 4. The van der Waals surface area contributed by atoms with Crippen LogP contribution in [0.1, 0.15) is 74.9 Å². The number of methoxy groups -OCH3 is 1. The van der Waals surface area contributed by atoms with Gasteiger partial charge in [0, 0.05) is 24.4 Å². The van der Waals surface area contributed by atoms with E-state index in [2.05, 4.69) is 5.32 Å². The fourth-order valence-electron chi connectivity index (χ4n) is 4.26. The molecule has 1 saturated carbocycles. The van der Waals surface area contributed by atoms with Gasteiger partial charge in [0.05, 0.1) is 12.7 Å². The second-order valence-corrected chi connectivity index (χ2v) is 9.43. The van der Waals surface area contributed by atoms with Gasteiger partial charge in [-0.15, -0.1) is 0 Å². The van der Waals surface area contributed by atoms with Gasteiger partial charge in [0.1, 0.15) is 5.60 Å². The number of alkyl carbamates (subject to hydrolysis) is 1. The maximum Gasteiger partial charge on any atom is 0.407 e. The standard InChI is InChI=1S/C23H33NO6/c1-13-12-17(20(25)27-7)14(2)19-18(13)28-23(6,29-19)15-8-10-16(11-9-15)24-21(26)30-22(3,4)5/h12,15-16H,8-11H2,1-7H3,(H,24,26)/t15-,16-,23?. The van der Waals surface area contributed by atoms with E-state index in [0.717, 1.165) is 36.8 Å². The molecule has 0 bridgehead atoms. The number of carbonyl (C=O) groups excluding carboxylic acids is 2. The van der Waals surface area contributed by atoms with E-state index in [9.17, 15) is 9.59 Å². The predicted octanol–water partition coefficient (Wildman–Crippen LogP) is 4.66. The fraction of sp³-hybridized carbons (Fsp3) is 0.652. The van der Waals surface area contributed by atoms with Crippen LogP contribution in [0.2, 0.25) is 0 Å². The summed E-state index contributed by atoms with van der Waals surface area (Å²) in [6, 6.07) is 1.87. The quantitative estimate of drug-likeness (QED) is 0.718. The second kappa shape index (κ2) is 8.00. The molecule has 0 saturated heterocycles. The normalized spacial score (nSPS) is 25.6. The molecule has 7 heteroatoms. The Morgan fingerprint density at radius 2 is 1.70 bits per heavy atom. The molecule has 7 nitrogen and oxygen atoms in total. The molecule has 3 rings (SSSR count). The van der Waals surface area contributed by atoms with Crippen molar-refractivity contribution in [1.29, 1.82) is 0 Å². The van der Waals surface area contributed by atoms with Gasteiger partial charge in [-0.3, -0.25) is 0 Å². The van der Waals surface area contributed by atoms with Crippen molar-refractivity contribution in [1.82, 2.24) is 5.32 Å². The number of benzene rings is 1. The van der Waals surface area contributed by atoms with Crippen LogP contribution >= 0.6 is 0 Å². The van der Waals surface area contributed by atoms with Crippen LogP contribution in [0, 0.1) is 19.8 Å². The maximum atomic E-state index is 12.1. The lowest BCUT2D eigenvalue weighted by molar-refractivity contribution is -0.121. The molecule has 0 spiro atoms. The molecule has 1 aromatic rings. The molecule has 1 heterocycles. The summed E-state index contributed by atoms with van der Waals surface area (Å²) in [4.78, 5) is 24.1. The summed E-state index contributed by atoms with van der Waals surface area (Å²) in [7, 11) is 1.37. The Morgan fingerprint density at radius 1 is 1.10 bits per heavy atom. The fourth-order valence-corrected chi connectivity index (χ4v) is 4.26. The molecule has 166 valence electrons. The van der Waals surface area contributed by atoms with Crippen molar-refractivity contribution in [3.8, 4) is 11.5 Å². The van der Waals surface area contributed by atoms with Crippen molar-refractivity contribution < 1.29 is 28.5 Å². The molecule has 30 heavy (non-hydrogen) atoms. The van der Waals surface area contributed by atoms with E-state index in [4.69, 9.17) is 18.9 Å². The van der Waals surface area contributed by atoms with Crippen molar-refractivity contribution >= 4 is 12.1 Å². The molecule has 0 radical (unpaired) electrons. The molecule has 1 aromatic carbocycles. The zero-order valence-electron chi connectivity index (χ0n) is 19.0. The Balaban J connectivity index is 1.67. The third kappa shape index (κ3) is 4.50. The average molecular weight is 420 g/mol. The smallest absolute Gasteiger partial charge is 0.407 e. The van der Waals surface area contributed by atoms with Crippen LogP contribution in [0.4, 0.5) is 4.79 Å². The van der Waals surface area contributed by atoms with E-state index in [1.807, 2.05) is 41.5 Å². The van der Waals surface area contributed by atoms with E-state index >= 15 is 0 Å². The number of carbonyl (C=O) groups is 2. The van der Waals surface area contributed by atoms with Crippen LogP contribution in [0.25, 0.3) is 0 Å². The predicted molar refractivity (Wildman–Crippen MR) is 112 cm³/mol. The highest BCUT2D eigenvalue weighted by Gasteiger charge is 2.47. The van der Waals surface area contributed by atoms with Crippen LogP contribution < -0.4 is 14.8 Å². The number of fused-ring (bicyclic) bond motifs is 1.